The van der Waals surface area contributed by atoms with Crippen molar-refractivity contribution in [2.24, 2.45) is 5.10 Å². The van der Waals surface area contributed by atoms with Crippen LogP contribution in [0.4, 0.5) is 0 Å². The van der Waals surface area contributed by atoms with Crippen molar-refractivity contribution >= 4 is 23.9 Å². The van der Waals surface area contributed by atoms with Crippen molar-refractivity contribution in [3.8, 4) is 34.3 Å². The van der Waals surface area contributed by atoms with Crippen LogP contribution in [0.5, 0.6) is 11.5 Å². The molecule has 0 fully saturated rings. The molecule has 1 N–H and O–H groups in total. The summed E-state index contributed by atoms with van der Waals surface area (Å²) >= 11 is 1.27. The van der Waals surface area contributed by atoms with E-state index in [4.69, 9.17) is 9.47 Å². The zero-order valence-corrected chi connectivity index (χ0v) is 23.9. The average Bonchev–Trinajstić information content (AvgIpc) is 3.57. The van der Waals surface area contributed by atoms with Gasteiger partial charge in [-0.2, -0.15) is 10.2 Å². The standard InChI is InChI=1S/C30H29N7O3S/c1-20-25(21(2)37(35-20)24-13-9-6-10-14-24)18-31-32-28(38)19-41-30-34-33-29(36(30)23-11-7-5-8-12-23)22-15-16-26(39-3)27(17-22)40-4/h5-18H,19H2,1-4H3,(H,32,38). The third-order valence-electron chi connectivity index (χ3n) is 6.35. The predicted molar refractivity (Wildman–Crippen MR) is 159 cm³/mol. The lowest BCUT2D eigenvalue weighted by Crippen LogP contribution is -2.20. The van der Waals surface area contributed by atoms with E-state index < -0.39 is 0 Å². The fourth-order valence-electron chi connectivity index (χ4n) is 4.33. The Hall–Kier alpha value is -4.90. The maximum absolute atomic E-state index is 12.7. The SMILES string of the molecule is COc1ccc(-c2nnc(SCC(=O)NN=Cc3c(C)nn(-c4ccccc4)c3C)n2-c2ccccc2)cc1OC. The van der Waals surface area contributed by atoms with Gasteiger partial charge in [-0.25, -0.2) is 10.1 Å². The largest absolute Gasteiger partial charge is 0.493 e. The smallest absolute Gasteiger partial charge is 0.250 e. The molecule has 208 valence electrons. The molecule has 2 heterocycles. The lowest BCUT2D eigenvalue weighted by Gasteiger charge is -2.12. The van der Waals surface area contributed by atoms with Crippen molar-refractivity contribution in [3.05, 3.63) is 95.8 Å². The van der Waals surface area contributed by atoms with Crippen LogP contribution in [0, 0.1) is 13.8 Å². The van der Waals surface area contributed by atoms with E-state index in [2.05, 4.69) is 25.8 Å². The molecule has 0 unspecified atom stereocenters. The Bertz CT molecular complexity index is 1680. The van der Waals surface area contributed by atoms with E-state index in [0.29, 0.717) is 22.5 Å². The summed E-state index contributed by atoms with van der Waals surface area (Å²) in [7, 11) is 3.18. The number of hydrazone groups is 1. The first kappa shape index (κ1) is 27.7. The topological polar surface area (TPSA) is 108 Å². The maximum Gasteiger partial charge on any atom is 0.250 e. The van der Waals surface area contributed by atoms with E-state index in [9.17, 15) is 4.79 Å². The number of aryl methyl sites for hydroxylation is 1. The van der Waals surface area contributed by atoms with Gasteiger partial charge < -0.3 is 9.47 Å². The van der Waals surface area contributed by atoms with Gasteiger partial charge in [-0.1, -0.05) is 48.2 Å². The highest BCUT2D eigenvalue weighted by atomic mass is 32.2. The molecule has 5 aromatic rings. The summed E-state index contributed by atoms with van der Waals surface area (Å²) in [5.74, 6) is 1.63. The van der Waals surface area contributed by atoms with Crippen molar-refractivity contribution in [2.45, 2.75) is 19.0 Å². The summed E-state index contributed by atoms with van der Waals surface area (Å²) < 4.78 is 14.6. The summed E-state index contributed by atoms with van der Waals surface area (Å²) in [6.45, 7) is 3.89. The third-order valence-corrected chi connectivity index (χ3v) is 7.28. The number of nitrogens with one attached hydrogen (secondary N) is 1. The Morgan fingerprint density at radius 1 is 0.927 bits per heavy atom. The number of aromatic nitrogens is 5. The zero-order chi connectivity index (χ0) is 28.8. The second-order valence-corrected chi connectivity index (χ2v) is 9.90. The lowest BCUT2D eigenvalue weighted by atomic mass is 10.2. The van der Waals surface area contributed by atoms with Crippen LogP contribution in [-0.2, 0) is 4.79 Å². The van der Waals surface area contributed by atoms with Crippen molar-refractivity contribution in [2.75, 3.05) is 20.0 Å². The van der Waals surface area contributed by atoms with Crippen molar-refractivity contribution < 1.29 is 14.3 Å². The van der Waals surface area contributed by atoms with Gasteiger partial charge in [-0.3, -0.25) is 9.36 Å². The quantitative estimate of drug-likeness (QED) is 0.144. The van der Waals surface area contributed by atoms with E-state index in [1.54, 1.807) is 20.4 Å². The minimum absolute atomic E-state index is 0.0927. The molecule has 0 bridgehead atoms. The van der Waals surface area contributed by atoms with Gasteiger partial charge in [0.05, 0.1) is 43.3 Å². The second-order valence-electron chi connectivity index (χ2n) is 8.96. The molecule has 41 heavy (non-hydrogen) atoms. The molecule has 11 heteroatoms. The summed E-state index contributed by atoms with van der Waals surface area (Å²) in [6.07, 6.45) is 1.63. The molecule has 0 aliphatic rings. The molecule has 0 aliphatic carbocycles. The minimum Gasteiger partial charge on any atom is -0.493 e. The fraction of sp³-hybridized carbons (Fsp3) is 0.167. The van der Waals surface area contributed by atoms with Crippen LogP contribution in [0.15, 0.2) is 89.1 Å². The Morgan fingerprint density at radius 2 is 1.61 bits per heavy atom. The van der Waals surface area contributed by atoms with Crippen LogP contribution in [0.1, 0.15) is 17.0 Å². The minimum atomic E-state index is -0.271. The molecule has 0 radical (unpaired) electrons. The Balaban J connectivity index is 1.32. The molecule has 10 nitrogen and oxygen atoms in total. The molecule has 0 saturated heterocycles. The molecule has 0 atom stereocenters. The van der Waals surface area contributed by atoms with Gasteiger partial charge in [0.15, 0.2) is 22.5 Å². The first-order valence-electron chi connectivity index (χ1n) is 12.8. The number of rotatable bonds is 10. The number of hydrogen-bond acceptors (Lipinski definition) is 8. The van der Waals surface area contributed by atoms with Crippen molar-refractivity contribution in [3.63, 3.8) is 0 Å². The third kappa shape index (κ3) is 5.99. The number of thioether (sulfide) groups is 1. The molecule has 3 aromatic carbocycles. The summed E-state index contributed by atoms with van der Waals surface area (Å²) in [5.41, 5.74) is 7.83. The highest BCUT2D eigenvalue weighted by Crippen LogP contribution is 2.34. The molecule has 0 saturated carbocycles. The lowest BCUT2D eigenvalue weighted by molar-refractivity contribution is -0.118. The van der Waals surface area contributed by atoms with Gasteiger partial charge in [0.2, 0.25) is 0 Å². The molecule has 0 spiro atoms. The van der Waals surface area contributed by atoms with Gasteiger partial charge in [0.25, 0.3) is 5.91 Å². The number of benzene rings is 3. The molecule has 1 amide bonds. The summed E-state index contributed by atoms with van der Waals surface area (Å²) in [4.78, 5) is 12.7. The summed E-state index contributed by atoms with van der Waals surface area (Å²) in [6, 6.07) is 25.2. The van der Waals surface area contributed by atoms with Gasteiger partial charge in [-0.05, 0) is 56.3 Å². The van der Waals surface area contributed by atoms with Crippen LogP contribution in [-0.4, -0.2) is 56.6 Å². The second kappa shape index (κ2) is 12.5. The number of methoxy groups -OCH3 is 2. The number of carbonyl (C=O) groups is 1. The zero-order valence-electron chi connectivity index (χ0n) is 23.1. The number of nitrogens with zero attached hydrogens (tertiary/aromatic N) is 6. The molecule has 5 rings (SSSR count). The van der Waals surface area contributed by atoms with E-state index in [1.807, 2.05) is 102 Å². The molecule has 2 aromatic heterocycles. The molecular formula is C30H29N7O3S. The van der Waals surface area contributed by atoms with Crippen LogP contribution < -0.4 is 14.9 Å². The highest BCUT2D eigenvalue weighted by molar-refractivity contribution is 7.99. The van der Waals surface area contributed by atoms with E-state index in [-0.39, 0.29) is 11.7 Å². The van der Waals surface area contributed by atoms with Gasteiger partial charge >= 0.3 is 0 Å². The van der Waals surface area contributed by atoms with E-state index in [1.165, 1.54) is 11.8 Å². The van der Waals surface area contributed by atoms with Crippen LogP contribution in [0.2, 0.25) is 0 Å². The van der Waals surface area contributed by atoms with Crippen LogP contribution in [0.25, 0.3) is 22.8 Å². The first-order valence-corrected chi connectivity index (χ1v) is 13.8. The van der Waals surface area contributed by atoms with Gasteiger partial charge in [-0.15, -0.1) is 10.2 Å². The number of amides is 1. The van der Waals surface area contributed by atoms with E-state index in [0.717, 1.165) is 33.9 Å². The van der Waals surface area contributed by atoms with E-state index >= 15 is 0 Å². The molecule has 0 aliphatic heterocycles. The van der Waals surface area contributed by atoms with Crippen molar-refractivity contribution in [1.82, 2.24) is 30.0 Å². The Morgan fingerprint density at radius 3 is 2.29 bits per heavy atom. The Labute approximate surface area is 242 Å². The monoisotopic (exact) mass is 567 g/mol. The normalized spacial score (nSPS) is 11.1. The van der Waals surface area contributed by atoms with Gasteiger partial charge in [0, 0.05) is 16.8 Å². The number of ether oxygens (including phenoxy) is 2. The highest BCUT2D eigenvalue weighted by Gasteiger charge is 2.19. The van der Waals surface area contributed by atoms with Crippen molar-refractivity contribution in [1.29, 1.82) is 0 Å². The molecular weight excluding hydrogens is 538 g/mol. The summed E-state index contributed by atoms with van der Waals surface area (Å²) in [5, 5.41) is 18.2. The Kier molecular flexibility index (Phi) is 8.44. The van der Waals surface area contributed by atoms with Crippen LogP contribution >= 0.6 is 11.8 Å². The van der Waals surface area contributed by atoms with Gasteiger partial charge in [0.1, 0.15) is 0 Å². The number of hydrogen-bond donors (Lipinski definition) is 1. The average molecular weight is 568 g/mol. The number of carbonyl (C=O) groups excluding carboxylic acids is 1. The van der Waals surface area contributed by atoms with Crippen LogP contribution in [0.3, 0.4) is 0 Å². The first-order chi connectivity index (χ1) is 20.0. The predicted octanol–water partition coefficient (Wildman–Crippen LogP) is 5.00. The maximum atomic E-state index is 12.7. The fourth-order valence-corrected chi connectivity index (χ4v) is 5.07. The number of para-hydroxylation sites is 2.